The number of hydrogen-bond donors (Lipinski definition) is 0. The molecule has 0 aliphatic rings. The highest BCUT2D eigenvalue weighted by atomic mass is 32.1. The molecule has 2 rings (SSSR count). The van der Waals surface area contributed by atoms with E-state index in [2.05, 4.69) is 50.3 Å². The second kappa shape index (κ2) is 9.84. The lowest BCUT2D eigenvalue weighted by Crippen LogP contribution is -1.80. The third kappa shape index (κ3) is 5.28. The smallest absolute Gasteiger partial charge is 0.0351 e. The number of aryl methyl sites for hydroxylation is 1. The van der Waals surface area contributed by atoms with Gasteiger partial charge < -0.3 is 0 Å². The Morgan fingerprint density at radius 2 is 1.59 bits per heavy atom. The zero-order chi connectivity index (χ0) is 15.6. The van der Waals surface area contributed by atoms with Gasteiger partial charge >= 0.3 is 0 Å². The summed E-state index contributed by atoms with van der Waals surface area (Å²) in [5.74, 6) is 0. The maximum absolute atomic E-state index is 2.37. The molecule has 0 bridgehead atoms. The zero-order valence-electron chi connectivity index (χ0n) is 14.2. The first kappa shape index (κ1) is 17.3. The Morgan fingerprint density at radius 3 is 2.32 bits per heavy atom. The van der Waals surface area contributed by atoms with Gasteiger partial charge in [-0.2, -0.15) is 0 Å². The topological polar surface area (TPSA) is 0 Å². The van der Waals surface area contributed by atoms with E-state index in [9.17, 15) is 0 Å². The predicted molar refractivity (Wildman–Crippen MR) is 103 cm³/mol. The molecule has 0 saturated heterocycles. The van der Waals surface area contributed by atoms with Crippen molar-refractivity contribution in [3.63, 3.8) is 0 Å². The lowest BCUT2D eigenvalue weighted by molar-refractivity contribution is 0.578. The van der Waals surface area contributed by atoms with Crippen molar-refractivity contribution in [2.24, 2.45) is 0 Å². The van der Waals surface area contributed by atoms with Crippen molar-refractivity contribution in [2.75, 3.05) is 0 Å². The molecule has 0 nitrogen and oxygen atoms in total. The van der Waals surface area contributed by atoms with Crippen molar-refractivity contribution in [1.82, 2.24) is 0 Å². The van der Waals surface area contributed by atoms with E-state index in [0.717, 1.165) is 0 Å². The summed E-state index contributed by atoms with van der Waals surface area (Å²) in [5, 5.41) is 1.42. The van der Waals surface area contributed by atoms with E-state index in [1.165, 1.54) is 78.3 Å². The predicted octanol–water partition coefficient (Wildman–Crippen LogP) is 7.75. The summed E-state index contributed by atoms with van der Waals surface area (Å²) < 4.78 is 1.41. The minimum absolute atomic E-state index is 1.22. The molecule has 0 spiro atoms. The number of hydrogen-bond acceptors (Lipinski definition) is 1. The highest BCUT2D eigenvalue weighted by Gasteiger charge is 2.04. The molecule has 1 aromatic heterocycles. The molecular weight excluding hydrogens is 284 g/mol. The van der Waals surface area contributed by atoms with Gasteiger partial charge in [0.05, 0.1) is 0 Å². The Kier molecular flexibility index (Phi) is 7.73. The van der Waals surface area contributed by atoms with Crippen LogP contribution in [0.5, 0.6) is 0 Å². The first-order valence-electron chi connectivity index (χ1n) is 8.97. The average molecular weight is 315 g/mol. The monoisotopic (exact) mass is 314 g/mol. The lowest BCUT2D eigenvalue weighted by Gasteiger charge is -1.99. The summed E-state index contributed by atoms with van der Waals surface area (Å²) in [6, 6.07) is 8.72. The van der Waals surface area contributed by atoms with Crippen LogP contribution in [0.15, 0.2) is 30.3 Å². The highest BCUT2D eigenvalue weighted by Crippen LogP contribution is 2.31. The SMILES string of the molecule is CCCCCCCCCC/C=C/c1sc2ccccc2c1C. The van der Waals surface area contributed by atoms with Crippen LogP contribution in [-0.4, -0.2) is 0 Å². The first-order chi connectivity index (χ1) is 10.8. The summed E-state index contributed by atoms with van der Waals surface area (Å²) in [6.45, 7) is 4.53. The number of fused-ring (bicyclic) bond motifs is 1. The fraction of sp³-hybridized carbons (Fsp3) is 0.524. The van der Waals surface area contributed by atoms with E-state index >= 15 is 0 Å². The zero-order valence-corrected chi connectivity index (χ0v) is 15.1. The molecule has 22 heavy (non-hydrogen) atoms. The second-order valence-electron chi connectivity index (χ2n) is 6.25. The molecule has 0 N–H and O–H groups in total. The molecular formula is C21H30S. The number of thiophene rings is 1. The van der Waals surface area contributed by atoms with Crippen LogP contribution in [0.2, 0.25) is 0 Å². The number of allylic oxidation sites excluding steroid dienone is 1. The fourth-order valence-corrected chi connectivity index (χ4v) is 4.08. The molecule has 1 aromatic carbocycles. The van der Waals surface area contributed by atoms with Crippen molar-refractivity contribution in [1.29, 1.82) is 0 Å². The quantitative estimate of drug-likeness (QED) is 0.393. The van der Waals surface area contributed by atoms with Gasteiger partial charge in [0.25, 0.3) is 0 Å². The summed E-state index contributed by atoms with van der Waals surface area (Å²) in [4.78, 5) is 1.43. The van der Waals surface area contributed by atoms with Crippen LogP contribution < -0.4 is 0 Å². The summed E-state index contributed by atoms with van der Waals surface area (Å²) in [7, 11) is 0. The van der Waals surface area contributed by atoms with E-state index in [1.54, 1.807) is 0 Å². The van der Waals surface area contributed by atoms with Gasteiger partial charge in [-0.05, 0) is 42.9 Å². The fourth-order valence-electron chi connectivity index (χ4n) is 2.94. The van der Waals surface area contributed by atoms with Crippen LogP contribution in [0.3, 0.4) is 0 Å². The number of unbranched alkanes of at least 4 members (excludes halogenated alkanes) is 8. The molecule has 0 aliphatic heterocycles. The van der Waals surface area contributed by atoms with Gasteiger partial charge in [-0.3, -0.25) is 0 Å². The second-order valence-corrected chi connectivity index (χ2v) is 7.34. The van der Waals surface area contributed by atoms with Gasteiger partial charge in [0.1, 0.15) is 0 Å². The maximum atomic E-state index is 2.37. The van der Waals surface area contributed by atoms with Crippen LogP contribution in [0.25, 0.3) is 16.2 Å². The van der Waals surface area contributed by atoms with E-state index in [0.29, 0.717) is 0 Å². The van der Waals surface area contributed by atoms with Gasteiger partial charge in [0, 0.05) is 9.58 Å². The normalized spacial score (nSPS) is 11.7. The minimum atomic E-state index is 1.22. The van der Waals surface area contributed by atoms with Crippen LogP contribution in [-0.2, 0) is 0 Å². The molecule has 1 heteroatoms. The third-order valence-corrected chi connectivity index (χ3v) is 5.61. The van der Waals surface area contributed by atoms with Crippen molar-refractivity contribution in [2.45, 2.75) is 71.6 Å². The van der Waals surface area contributed by atoms with Crippen LogP contribution in [0, 0.1) is 6.92 Å². The summed E-state index contributed by atoms with van der Waals surface area (Å²) in [6.07, 6.45) is 17.1. The molecule has 0 radical (unpaired) electrons. The van der Waals surface area contributed by atoms with Gasteiger partial charge in [0.15, 0.2) is 0 Å². The largest absolute Gasteiger partial charge is 0.136 e. The molecule has 0 fully saturated rings. The lowest BCUT2D eigenvalue weighted by atomic mass is 10.1. The van der Waals surface area contributed by atoms with E-state index in [-0.39, 0.29) is 0 Å². The Balaban J connectivity index is 1.66. The van der Waals surface area contributed by atoms with E-state index in [1.807, 2.05) is 11.3 Å². The summed E-state index contributed by atoms with van der Waals surface area (Å²) in [5.41, 5.74) is 1.44. The Morgan fingerprint density at radius 1 is 0.909 bits per heavy atom. The Hall–Kier alpha value is -1.08. The Labute approximate surface area is 140 Å². The van der Waals surface area contributed by atoms with Crippen LogP contribution >= 0.6 is 11.3 Å². The van der Waals surface area contributed by atoms with Gasteiger partial charge in [0.2, 0.25) is 0 Å². The highest BCUT2D eigenvalue weighted by molar-refractivity contribution is 7.20. The molecule has 120 valence electrons. The van der Waals surface area contributed by atoms with Gasteiger partial charge in [-0.15, -0.1) is 11.3 Å². The molecule has 0 saturated carbocycles. The average Bonchev–Trinajstić information content (AvgIpc) is 2.86. The van der Waals surface area contributed by atoms with Crippen molar-refractivity contribution in [3.05, 3.63) is 40.8 Å². The van der Waals surface area contributed by atoms with Crippen molar-refractivity contribution >= 4 is 27.5 Å². The standard InChI is InChI=1S/C21H30S/c1-3-4-5-6-7-8-9-10-11-12-16-20-18(2)19-15-13-14-17-21(19)22-20/h12-17H,3-11H2,1-2H3/b16-12+. The molecule has 2 aromatic rings. The van der Waals surface area contributed by atoms with E-state index in [4.69, 9.17) is 0 Å². The molecule has 0 atom stereocenters. The minimum Gasteiger partial charge on any atom is -0.136 e. The molecule has 0 unspecified atom stereocenters. The first-order valence-corrected chi connectivity index (χ1v) is 9.79. The van der Waals surface area contributed by atoms with Crippen molar-refractivity contribution < 1.29 is 0 Å². The van der Waals surface area contributed by atoms with E-state index < -0.39 is 0 Å². The number of benzene rings is 1. The third-order valence-electron chi connectivity index (χ3n) is 4.37. The Bertz CT molecular complexity index is 577. The summed E-state index contributed by atoms with van der Waals surface area (Å²) >= 11 is 1.92. The van der Waals surface area contributed by atoms with Crippen LogP contribution in [0.1, 0.15) is 75.2 Å². The maximum Gasteiger partial charge on any atom is 0.0351 e. The van der Waals surface area contributed by atoms with Crippen LogP contribution in [0.4, 0.5) is 0 Å². The molecule has 0 amide bonds. The molecule has 1 heterocycles. The molecule has 0 aliphatic carbocycles. The van der Waals surface area contributed by atoms with Crippen molar-refractivity contribution in [3.8, 4) is 0 Å². The number of rotatable bonds is 10. The van der Waals surface area contributed by atoms with Gasteiger partial charge in [-0.25, -0.2) is 0 Å². The van der Waals surface area contributed by atoms with Gasteiger partial charge in [-0.1, -0.05) is 76.1 Å².